The standard InChI is InChI=1S/C13H21NO3/c1-5-16-13(15)8-10(2)14(4)9-12-7-6-11(3)17-12/h6-7,10H,5,8-9H2,1-4H3. The van der Waals surface area contributed by atoms with Crippen molar-refractivity contribution in [2.24, 2.45) is 0 Å². The van der Waals surface area contributed by atoms with E-state index < -0.39 is 0 Å². The second-order valence-electron chi connectivity index (χ2n) is 4.29. The highest BCUT2D eigenvalue weighted by Gasteiger charge is 2.15. The molecule has 0 spiro atoms. The van der Waals surface area contributed by atoms with Gasteiger partial charge in [-0.1, -0.05) is 0 Å². The molecule has 0 aliphatic heterocycles. The zero-order valence-electron chi connectivity index (χ0n) is 11.0. The Bertz CT molecular complexity index is 359. The summed E-state index contributed by atoms with van der Waals surface area (Å²) in [6, 6.07) is 4.04. The molecular weight excluding hydrogens is 218 g/mol. The summed E-state index contributed by atoms with van der Waals surface area (Å²) in [5, 5.41) is 0. The molecule has 1 unspecified atom stereocenters. The number of carbonyl (C=O) groups is 1. The van der Waals surface area contributed by atoms with Crippen molar-refractivity contribution in [1.29, 1.82) is 0 Å². The molecule has 0 fully saturated rings. The summed E-state index contributed by atoms with van der Waals surface area (Å²) in [6.07, 6.45) is 0.407. The molecule has 4 heteroatoms. The van der Waals surface area contributed by atoms with E-state index >= 15 is 0 Å². The van der Waals surface area contributed by atoms with E-state index in [0.717, 1.165) is 11.5 Å². The Kier molecular flexibility index (Phi) is 5.22. The average Bonchev–Trinajstić information content (AvgIpc) is 2.64. The van der Waals surface area contributed by atoms with E-state index in [0.29, 0.717) is 19.6 Å². The molecule has 96 valence electrons. The number of hydrogen-bond donors (Lipinski definition) is 0. The number of ether oxygens (including phenoxy) is 1. The number of rotatable bonds is 6. The molecule has 4 nitrogen and oxygen atoms in total. The van der Waals surface area contributed by atoms with Gasteiger partial charge in [0.2, 0.25) is 0 Å². The van der Waals surface area contributed by atoms with Crippen LogP contribution in [0.4, 0.5) is 0 Å². The van der Waals surface area contributed by atoms with Crippen LogP contribution < -0.4 is 0 Å². The highest BCUT2D eigenvalue weighted by atomic mass is 16.5. The molecule has 1 atom stereocenters. The van der Waals surface area contributed by atoms with Crippen LogP contribution in [0.25, 0.3) is 0 Å². The second kappa shape index (κ2) is 6.45. The van der Waals surface area contributed by atoms with Crippen molar-refractivity contribution in [1.82, 2.24) is 4.90 Å². The largest absolute Gasteiger partial charge is 0.466 e. The second-order valence-corrected chi connectivity index (χ2v) is 4.29. The van der Waals surface area contributed by atoms with Crippen LogP contribution >= 0.6 is 0 Å². The summed E-state index contributed by atoms with van der Waals surface area (Å²) >= 11 is 0. The van der Waals surface area contributed by atoms with Gasteiger partial charge in [-0.25, -0.2) is 0 Å². The van der Waals surface area contributed by atoms with Gasteiger partial charge in [-0.2, -0.15) is 0 Å². The minimum atomic E-state index is -0.150. The summed E-state index contributed by atoms with van der Waals surface area (Å²) < 4.78 is 10.4. The first kappa shape index (κ1) is 13.8. The first-order valence-electron chi connectivity index (χ1n) is 5.94. The first-order valence-corrected chi connectivity index (χ1v) is 5.94. The Morgan fingerprint density at radius 2 is 2.24 bits per heavy atom. The minimum absolute atomic E-state index is 0.138. The van der Waals surface area contributed by atoms with Gasteiger partial charge in [0.1, 0.15) is 11.5 Å². The van der Waals surface area contributed by atoms with Gasteiger partial charge in [-0.05, 0) is 40.0 Å². The van der Waals surface area contributed by atoms with Crippen molar-refractivity contribution in [3.8, 4) is 0 Å². The van der Waals surface area contributed by atoms with Gasteiger partial charge >= 0.3 is 5.97 Å². The molecule has 0 aliphatic rings. The number of esters is 1. The van der Waals surface area contributed by atoms with Gasteiger partial charge in [0.25, 0.3) is 0 Å². The third-order valence-electron chi connectivity index (χ3n) is 2.72. The zero-order chi connectivity index (χ0) is 12.8. The van der Waals surface area contributed by atoms with Gasteiger partial charge in [-0.15, -0.1) is 0 Å². The summed E-state index contributed by atoms with van der Waals surface area (Å²) in [7, 11) is 1.97. The van der Waals surface area contributed by atoms with Crippen molar-refractivity contribution in [3.05, 3.63) is 23.7 Å². The molecule has 0 saturated heterocycles. The maximum atomic E-state index is 11.3. The average molecular weight is 239 g/mol. The maximum absolute atomic E-state index is 11.3. The molecular formula is C13H21NO3. The molecule has 0 bridgehead atoms. The van der Waals surface area contributed by atoms with Gasteiger partial charge in [0.15, 0.2) is 0 Å². The molecule has 1 rings (SSSR count). The van der Waals surface area contributed by atoms with Crippen LogP contribution in [0.5, 0.6) is 0 Å². The lowest BCUT2D eigenvalue weighted by Gasteiger charge is -2.22. The van der Waals surface area contributed by atoms with Crippen molar-refractivity contribution >= 4 is 5.97 Å². The van der Waals surface area contributed by atoms with Crippen molar-refractivity contribution in [2.75, 3.05) is 13.7 Å². The predicted molar refractivity (Wildman–Crippen MR) is 65.6 cm³/mol. The van der Waals surface area contributed by atoms with E-state index in [-0.39, 0.29) is 12.0 Å². The van der Waals surface area contributed by atoms with Crippen LogP contribution in [0.15, 0.2) is 16.5 Å². The third-order valence-corrected chi connectivity index (χ3v) is 2.72. The van der Waals surface area contributed by atoms with Gasteiger partial charge in [0.05, 0.1) is 19.6 Å². The fourth-order valence-corrected chi connectivity index (χ4v) is 1.59. The van der Waals surface area contributed by atoms with Crippen LogP contribution in [0.2, 0.25) is 0 Å². The SMILES string of the molecule is CCOC(=O)CC(C)N(C)Cc1ccc(C)o1. The van der Waals surface area contributed by atoms with E-state index in [1.54, 1.807) is 0 Å². The van der Waals surface area contributed by atoms with Gasteiger partial charge < -0.3 is 9.15 Å². The lowest BCUT2D eigenvalue weighted by Crippen LogP contribution is -2.31. The van der Waals surface area contributed by atoms with Crippen molar-refractivity contribution in [2.45, 2.75) is 39.8 Å². The lowest BCUT2D eigenvalue weighted by atomic mass is 10.2. The van der Waals surface area contributed by atoms with Crippen molar-refractivity contribution < 1.29 is 13.9 Å². The Labute approximate surface area is 103 Å². The fourth-order valence-electron chi connectivity index (χ4n) is 1.59. The molecule has 0 aliphatic carbocycles. The highest BCUT2D eigenvalue weighted by molar-refractivity contribution is 5.69. The lowest BCUT2D eigenvalue weighted by molar-refractivity contribution is -0.144. The minimum Gasteiger partial charge on any atom is -0.466 e. The maximum Gasteiger partial charge on any atom is 0.307 e. The van der Waals surface area contributed by atoms with E-state index in [1.807, 2.05) is 40.0 Å². The molecule has 0 saturated carbocycles. The smallest absolute Gasteiger partial charge is 0.307 e. The van der Waals surface area contributed by atoms with Crippen LogP contribution in [-0.2, 0) is 16.1 Å². The topological polar surface area (TPSA) is 42.7 Å². The summed E-state index contributed by atoms with van der Waals surface area (Å²) in [4.78, 5) is 13.4. The highest BCUT2D eigenvalue weighted by Crippen LogP contribution is 2.12. The monoisotopic (exact) mass is 239 g/mol. The predicted octanol–water partition coefficient (Wildman–Crippen LogP) is 2.36. The number of aryl methyl sites for hydroxylation is 1. The number of nitrogens with zero attached hydrogens (tertiary/aromatic N) is 1. The van der Waals surface area contributed by atoms with Crippen LogP contribution in [0.3, 0.4) is 0 Å². The Morgan fingerprint density at radius 3 is 2.76 bits per heavy atom. The van der Waals surface area contributed by atoms with Gasteiger partial charge in [-0.3, -0.25) is 9.69 Å². The molecule has 0 aromatic carbocycles. The summed E-state index contributed by atoms with van der Waals surface area (Å²) in [5.41, 5.74) is 0. The Balaban J connectivity index is 2.41. The number of hydrogen-bond acceptors (Lipinski definition) is 4. The first-order chi connectivity index (χ1) is 8.02. The third kappa shape index (κ3) is 4.61. The summed E-state index contributed by atoms with van der Waals surface area (Å²) in [5.74, 6) is 1.68. The molecule has 0 N–H and O–H groups in total. The van der Waals surface area contributed by atoms with E-state index in [9.17, 15) is 4.79 Å². The summed E-state index contributed by atoms with van der Waals surface area (Å²) in [6.45, 7) is 6.89. The van der Waals surface area contributed by atoms with E-state index in [2.05, 4.69) is 4.90 Å². The number of carbonyl (C=O) groups excluding carboxylic acids is 1. The molecule has 1 heterocycles. The molecule has 1 aromatic rings. The van der Waals surface area contributed by atoms with E-state index in [4.69, 9.17) is 9.15 Å². The van der Waals surface area contributed by atoms with Crippen LogP contribution in [0.1, 0.15) is 31.8 Å². The zero-order valence-corrected chi connectivity index (χ0v) is 11.0. The Hall–Kier alpha value is -1.29. The van der Waals surface area contributed by atoms with Crippen LogP contribution in [0, 0.1) is 6.92 Å². The normalized spacial score (nSPS) is 12.8. The van der Waals surface area contributed by atoms with Crippen molar-refractivity contribution in [3.63, 3.8) is 0 Å². The number of furan rings is 1. The molecule has 0 amide bonds. The fraction of sp³-hybridized carbons (Fsp3) is 0.615. The van der Waals surface area contributed by atoms with Gasteiger partial charge in [0, 0.05) is 6.04 Å². The molecule has 17 heavy (non-hydrogen) atoms. The Morgan fingerprint density at radius 1 is 1.53 bits per heavy atom. The molecule has 1 aromatic heterocycles. The van der Waals surface area contributed by atoms with E-state index in [1.165, 1.54) is 0 Å². The van der Waals surface area contributed by atoms with Crippen LogP contribution in [-0.4, -0.2) is 30.6 Å². The molecule has 0 radical (unpaired) electrons. The quantitative estimate of drug-likeness (QED) is 0.715.